The minimum Gasteiger partial charge on any atom is -0.300 e. The van der Waals surface area contributed by atoms with Gasteiger partial charge >= 0.3 is 0 Å². The number of carbonyl (C=O) groups is 3. The van der Waals surface area contributed by atoms with Crippen molar-refractivity contribution in [1.82, 2.24) is 9.88 Å². The van der Waals surface area contributed by atoms with E-state index in [9.17, 15) is 14.4 Å². The van der Waals surface area contributed by atoms with E-state index in [0.717, 1.165) is 30.6 Å². The third-order valence-corrected chi connectivity index (χ3v) is 4.60. The van der Waals surface area contributed by atoms with Crippen LogP contribution in [0.15, 0.2) is 11.6 Å². The van der Waals surface area contributed by atoms with Gasteiger partial charge in [-0.2, -0.15) is 0 Å². The predicted octanol–water partition coefficient (Wildman–Crippen LogP) is 1.26. The quantitative estimate of drug-likeness (QED) is 0.851. The first-order valence-electron chi connectivity index (χ1n) is 6.71. The number of thiazole rings is 1. The number of rotatable bonds is 3. The number of nitrogens with zero attached hydrogens (tertiary/aromatic N) is 2. The summed E-state index contributed by atoms with van der Waals surface area (Å²) in [6.07, 6.45) is 5.08. The molecule has 2 aliphatic rings. The molecule has 0 bridgehead atoms. The van der Waals surface area contributed by atoms with Crippen molar-refractivity contribution in [1.29, 1.82) is 0 Å². The molecule has 0 radical (unpaired) electrons. The fourth-order valence-electron chi connectivity index (χ4n) is 2.97. The Morgan fingerprint density at radius 3 is 2.50 bits per heavy atom. The van der Waals surface area contributed by atoms with Gasteiger partial charge in [-0.25, -0.2) is 4.98 Å². The standard InChI is InChI=1S/C13H15N3O3S/c17-10(15-13-14-5-6-20-13)7-16-11(18)8-3-1-2-4-9(8)12(16)19/h5-6,8-9H,1-4,7H2,(H,14,15,17)/t8-,9-/m0/s1. The number of aromatic nitrogens is 1. The van der Waals surface area contributed by atoms with E-state index in [1.165, 1.54) is 11.3 Å². The number of carbonyl (C=O) groups excluding carboxylic acids is 3. The van der Waals surface area contributed by atoms with Crippen LogP contribution in [0.1, 0.15) is 25.7 Å². The number of amides is 3. The molecule has 0 spiro atoms. The maximum Gasteiger partial charge on any atom is 0.246 e. The fraction of sp³-hybridized carbons (Fsp3) is 0.538. The number of likely N-dealkylation sites (tertiary alicyclic amines) is 1. The molecule has 2 heterocycles. The van der Waals surface area contributed by atoms with E-state index in [1.54, 1.807) is 11.6 Å². The van der Waals surface area contributed by atoms with Crippen LogP contribution in [0.2, 0.25) is 0 Å². The van der Waals surface area contributed by atoms with Crippen molar-refractivity contribution < 1.29 is 14.4 Å². The molecule has 0 aromatic carbocycles. The maximum atomic E-state index is 12.2. The van der Waals surface area contributed by atoms with Crippen LogP contribution in [0.25, 0.3) is 0 Å². The molecule has 6 nitrogen and oxygen atoms in total. The van der Waals surface area contributed by atoms with Gasteiger partial charge in [0.05, 0.1) is 11.8 Å². The fourth-order valence-corrected chi connectivity index (χ4v) is 3.52. The van der Waals surface area contributed by atoms with Gasteiger partial charge in [0.15, 0.2) is 5.13 Å². The molecule has 106 valence electrons. The minimum absolute atomic E-state index is 0.186. The van der Waals surface area contributed by atoms with E-state index in [0.29, 0.717) is 5.13 Å². The average molecular weight is 293 g/mol. The summed E-state index contributed by atoms with van der Waals surface area (Å²) in [7, 11) is 0. The van der Waals surface area contributed by atoms with Crippen molar-refractivity contribution >= 4 is 34.2 Å². The predicted molar refractivity (Wildman–Crippen MR) is 72.9 cm³/mol. The number of imide groups is 1. The smallest absolute Gasteiger partial charge is 0.246 e. The SMILES string of the molecule is O=C(CN1C(=O)[C@H]2CCCC[C@@H]2C1=O)Nc1nccs1. The summed E-state index contributed by atoms with van der Waals surface area (Å²) >= 11 is 1.30. The Hall–Kier alpha value is -1.76. The molecule has 1 aromatic rings. The Balaban J connectivity index is 1.66. The summed E-state index contributed by atoms with van der Waals surface area (Å²) in [6.45, 7) is -0.204. The minimum atomic E-state index is -0.375. The zero-order chi connectivity index (χ0) is 14.1. The molecule has 3 rings (SSSR count). The summed E-state index contributed by atoms with van der Waals surface area (Å²) < 4.78 is 0. The van der Waals surface area contributed by atoms with Gasteiger partial charge in [-0.3, -0.25) is 19.3 Å². The second kappa shape index (κ2) is 5.32. The maximum absolute atomic E-state index is 12.2. The Bertz CT molecular complexity index is 519. The Labute approximate surface area is 120 Å². The number of anilines is 1. The summed E-state index contributed by atoms with van der Waals surface area (Å²) in [5.74, 6) is -1.16. The van der Waals surface area contributed by atoms with E-state index >= 15 is 0 Å². The van der Waals surface area contributed by atoms with Crippen LogP contribution in [0.4, 0.5) is 5.13 Å². The van der Waals surface area contributed by atoms with Crippen LogP contribution in [-0.2, 0) is 14.4 Å². The first-order valence-corrected chi connectivity index (χ1v) is 7.59. The van der Waals surface area contributed by atoms with Crippen molar-refractivity contribution in [2.24, 2.45) is 11.8 Å². The number of fused-ring (bicyclic) bond motifs is 1. The van der Waals surface area contributed by atoms with Gasteiger partial charge in [0.1, 0.15) is 6.54 Å². The third kappa shape index (κ3) is 2.33. The number of hydrogen-bond acceptors (Lipinski definition) is 5. The molecule has 1 aliphatic heterocycles. The van der Waals surface area contributed by atoms with E-state index in [2.05, 4.69) is 10.3 Å². The van der Waals surface area contributed by atoms with Crippen molar-refractivity contribution in [3.8, 4) is 0 Å². The lowest BCUT2D eigenvalue weighted by Crippen LogP contribution is -2.38. The summed E-state index contributed by atoms with van der Waals surface area (Å²) in [4.78, 5) is 41.3. The van der Waals surface area contributed by atoms with Crippen molar-refractivity contribution in [2.45, 2.75) is 25.7 Å². The summed E-state index contributed by atoms with van der Waals surface area (Å²) in [5, 5.41) is 4.82. The second-order valence-electron chi connectivity index (χ2n) is 5.15. The molecule has 7 heteroatoms. The van der Waals surface area contributed by atoms with Crippen LogP contribution in [0.5, 0.6) is 0 Å². The van der Waals surface area contributed by atoms with Gasteiger partial charge in [-0.15, -0.1) is 11.3 Å². The van der Waals surface area contributed by atoms with E-state index < -0.39 is 0 Å². The molecule has 2 atom stereocenters. The molecule has 2 fully saturated rings. The van der Waals surface area contributed by atoms with Gasteiger partial charge in [-0.05, 0) is 12.8 Å². The van der Waals surface area contributed by atoms with Crippen molar-refractivity contribution in [3.05, 3.63) is 11.6 Å². The van der Waals surface area contributed by atoms with Crippen molar-refractivity contribution in [2.75, 3.05) is 11.9 Å². The second-order valence-corrected chi connectivity index (χ2v) is 6.04. The van der Waals surface area contributed by atoms with Crippen LogP contribution < -0.4 is 5.32 Å². The molecular weight excluding hydrogens is 278 g/mol. The average Bonchev–Trinajstić information content (AvgIpc) is 3.03. The van der Waals surface area contributed by atoms with E-state index in [1.807, 2.05) is 0 Å². The van der Waals surface area contributed by atoms with Crippen LogP contribution in [0.3, 0.4) is 0 Å². The Kier molecular flexibility index (Phi) is 3.52. The van der Waals surface area contributed by atoms with E-state index in [4.69, 9.17) is 0 Å². The van der Waals surface area contributed by atoms with Crippen LogP contribution >= 0.6 is 11.3 Å². The summed E-state index contributed by atoms with van der Waals surface area (Å²) in [5.41, 5.74) is 0. The molecule has 0 unspecified atom stereocenters. The van der Waals surface area contributed by atoms with Gasteiger partial charge in [0.2, 0.25) is 17.7 Å². The normalized spacial score (nSPS) is 25.7. The molecule has 1 aromatic heterocycles. The first kappa shape index (κ1) is 13.2. The lowest BCUT2D eigenvalue weighted by Gasteiger charge is -2.19. The van der Waals surface area contributed by atoms with Crippen LogP contribution in [0, 0.1) is 11.8 Å². The highest BCUT2D eigenvalue weighted by Crippen LogP contribution is 2.37. The van der Waals surface area contributed by atoms with Crippen LogP contribution in [-0.4, -0.2) is 34.2 Å². The van der Waals surface area contributed by atoms with Gasteiger partial charge in [0.25, 0.3) is 0 Å². The molecule has 3 amide bonds. The first-order chi connectivity index (χ1) is 9.66. The molecule has 1 saturated carbocycles. The molecule has 1 aliphatic carbocycles. The molecule has 1 saturated heterocycles. The zero-order valence-corrected chi connectivity index (χ0v) is 11.7. The lowest BCUT2D eigenvalue weighted by molar-refractivity contribution is -0.142. The molecular formula is C13H15N3O3S. The highest BCUT2D eigenvalue weighted by atomic mass is 32.1. The Morgan fingerprint density at radius 1 is 1.30 bits per heavy atom. The molecule has 20 heavy (non-hydrogen) atoms. The monoisotopic (exact) mass is 293 g/mol. The van der Waals surface area contributed by atoms with Crippen molar-refractivity contribution in [3.63, 3.8) is 0 Å². The number of hydrogen-bond donors (Lipinski definition) is 1. The Morgan fingerprint density at radius 2 is 1.95 bits per heavy atom. The highest BCUT2D eigenvalue weighted by Gasteiger charge is 2.48. The number of nitrogens with one attached hydrogen (secondary N) is 1. The molecule has 1 N–H and O–H groups in total. The van der Waals surface area contributed by atoms with Gasteiger partial charge < -0.3 is 5.32 Å². The zero-order valence-electron chi connectivity index (χ0n) is 10.9. The highest BCUT2D eigenvalue weighted by molar-refractivity contribution is 7.13. The van der Waals surface area contributed by atoms with Gasteiger partial charge in [0, 0.05) is 11.6 Å². The lowest BCUT2D eigenvalue weighted by atomic mass is 9.81. The topological polar surface area (TPSA) is 79.4 Å². The van der Waals surface area contributed by atoms with E-state index in [-0.39, 0.29) is 36.1 Å². The third-order valence-electron chi connectivity index (χ3n) is 3.91. The summed E-state index contributed by atoms with van der Waals surface area (Å²) in [6, 6.07) is 0. The largest absolute Gasteiger partial charge is 0.300 e. The van der Waals surface area contributed by atoms with Gasteiger partial charge in [-0.1, -0.05) is 12.8 Å².